The zero-order valence-corrected chi connectivity index (χ0v) is 18.3. The van der Waals surface area contributed by atoms with Crippen LogP contribution in [0, 0.1) is 12.8 Å². The maximum atomic E-state index is 13.1. The summed E-state index contributed by atoms with van der Waals surface area (Å²) >= 11 is 1.71. The van der Waals surface area contributed by atoms with E-state index in [0.717, 1.165) is 48.0 Å². The fraction of sp³-hybridized carbons (Fsp3) is 0.391. The van der Waals surface area contributed by atoms with Crippen LogP contribution in [0.4, 0.5) is 5.13 Å². The number of methoxy groups -OCH3 is 2. The van der Waals surface area contributed by atoms with Gasteiger partial charge < -0.3 is 19.3 Å². The molecule has 0 saturated carbocycles. The number of hydrogen-bond donors (Lipinski definition) is 0. The molecular formula is C23H25N3O3S. The number of anilines is 1. The van der Waals surface area contributed by atoms with Crippen LogP contribution in [-0.4, -0.2) is 49.6 Å². The molecule has 3 aromatic rings. The fourth-order valence-electron chi connectivity index (χ4n) is 4.28. The smallest absolute Gasteiger partial charge is 0.229 e. The van der Waals surface area contributed by atoms with Gasteiger partial charge in [-0.3, -0.25) is 4.79 Å². The second-order valence-corrected chi connectivity index (χ2v) is 9.06. The predicted octanol–water partition coefficient (Wildman–Crippen LogP) is 3.64. The van der Waals surface area contributed by atoms with Gasteiger partial charge in [0.2, 0.25) is 5.91 Å². The van der Waals surface area contributed by atoms with Gasteiger partial charge in [0.1, 0.15) is 0 Å². The Morgan fingerprint density at radius 3 is 2.57 bits per heavy atom. The molecule has 1 fully saturated rings. The molecule has 1 saturated heterocycles. The van der Waals surface area contributed by atoms with E-state index in [1.54, 1.807) is 25.6 Å². The van der Waals surface area contributed by atoms with Crippen molar-refractivity contribution < 1.29 is 14.3 Å². The third-order valence-corrected chi connectivity index (χ3v) is 7.14. The van der Waals surface area contributed by atoms with E-state index in [2.05, 4.69) is 30.0 Å². The average molecular weight is 424 g/mol. The lowest BCUT2D eigenvalue weighted by atomic mass is 9.94. The number of carbonyl (C=O) groups excluding carboxylic acids is 1. The Bertz CT molecular complexity index is 1120. The molecule has 0 radical (unpaired) electrons. The lowest BCUT2D eigenvalue weighted by molar-refractivity contribution is -0.137. The van der Waals surface area contributed by atoms with Crippen LogP contribution in [0.3, 0.4) is 0 Å². The van der Waals surface area contributed by atoms with Gasteiger partial charge in [-0.1, -0.05) is 17.4 Å². The maximum absolute atomic E-state index is 13.1. The number of rotatable bonds is 4. The Morgan fingerprint density at radius 1 is 1.10 bits per heavy atom. The highest BCUT2D eigenvalue weighted by molar-refractivity contribution is 7.22. The highest BCUT2D eigenvalue weighted by Crippen LogP contribution is 2.36. The maximum Gasteiger partial charge on any atom is 0.229 e. The SMILES string of the molecule is COc1cc2c(cc1OC)CN(C(=O)C1CN(c3nc4ccc(C)cc4s3)C1)CC2. The predicted molar refractivity (Wildman–Crippen MR) is 119 cm³/mol. The molecule has 0 unspecified atom stereocenters. The molecule has 30 heavy (non-hydrogen) atoms. The number of nitrogens with zero attached hydrogens (tertiary/aromatic N) is 3. The zero-order chi connectivity index (χ0) is 20.8. The van der Waals surface area contributed by atoms with Crippen molar-refractivity contribution in [2.24, 2.45) is 5.92 Å². The second-order valence-electron chi connectivity index (χ2n) is 8.06. The number of amides is 1. The van der Waals surface area contributed by atoms with Crippen molar-refractivity contribution in [3.63, 3.8) is 0 Å². The Balaban J connectivity index is 1.25. The molecule has 3 heterocycles. The van der Waals surface area contributed by atoms with Crippen LogP contribution in [0.1, 0.15) is 16.7 Å². The Kier molecular flexibility index (Phi) is 4.77. The molecule has 0 atom stereocenters. The minimum Gasteiger partial charge on any atom is -0.493 e. The van der Waals surface area contributed by atoms with Gasteiger partial charge in [0.15, 0.2) is 16.6 Å². The van der Waals surface area contributed by atoms with Gasteiger partial charge in [0, 0.05) is 26.2 Å². The number of hydrogen-bond acceptors (Lipinski definition) is 6. The van der Waals surface area contributed by atoms with Crippen molar-refractivity contribution in [2.75, 3.05) is 38.8 Å². The van der Waals surface area contributed by atoms with Crippen molar-refractivity contribution in [3.05, 3.63) is 47.0 Å². The first-order valence-electron chi connectivity index (χ1n) is 10.2. The van der Waals surface area contributed by atoms with E-state index < -0.39 is 0 Å². The fourth-order valence-corrected chi connectivity index (χ4v) is 5.36. The summed E-state index contributed by atoms with van der Waals surface area (Å²) in [5.74, 6) is 1.74. The van der Waals surface area contributed by atoms with E-state index in [4.69, 9.17) is 14.5 Å². The van der Waals surface area contributed by atoms with Crippen LogP contribution in [0.5, 0.6) is 11.5 Å². The first-order valence-corrected chi connectivity index (χ1v) is 11.0. The number of aryl methyl sites for hydroxylation is 1. The first kappa shape index (κ1) is 19.2. The lowest BCUT2D eigenvalue weighted by Gasteiger charge is -2.41. The monoisotopic (exact) mass is 423 g/mol. The van der Waals surface area contributed by atoms with Gasteiger partial charge >= 0.3 is 0 Å². The third-order valence-electron chi connectivity index (χ3n) is 6.06. The molecule has 0 N–H and O–H groups in total. The van der Waals surface area contributed by atoms with Crippen molar-refractivity contribution in [1.82, 2.24) is 9.88 Å². The van der Waals surface area contributed by atoms with Crippen molar-refractivity contribution in [3.8, 4) is 11.5 Å². The van der Waals surface area contributed by atoms with E-state index in [1.165, 1.54) is 15.8 Å². The first-order chi connectivity index (χ1) is 14.6. The van der Waals surface area contributed by atoms with Gasteiger partial charge in [0.05, 0.1) is 30.4 Å². The molecule has 0 aliphatic carbocycles. The van der Waals surface area contributed by atoms with E-state index >= 15 is 0 Å². The van der Waals surface area contributed by atoms with Crippen molar-refractivity contribution in [2.45, 2.75) is 19.9 Å². The van der Waals surface area contributed by atoms with E-state index in [1.807, 2.05) is 17.0 Å². The molecule has 5 rings (SSSR count). The Morgan fingerprint density at radius 2 is 1.83 bits per heavy atom. The van der Waals surface area contributed by atoms with Crippen LogP contribution < -0.4 is 14.4 Å². The summed E-state index contributed by atoms with van der Waals surface area (Å²) in [5, 5.41) is 1.01. The summed E-state index contributed by atoms with van der Waals surface area (Å²) in [6.45, 7) is 4.96. The average Bonchev–Trinajstić information content (AvgIpc) is 3.13. The molecule has 2 aliphatic heterocycles. The van der Waals surface area contributed by atoms with E-state index in [-0.39, 0.29) is 11.8 Å². The van der Waals surface area contributed by atoms with Crippen molar-refractivity contribution >= 4 is 32.6 Å². The molecule has 2 aliphatic rings. The molecule has 1 amide bonds. The molecule has 0 bridgehead atoms. The molecule has 1 aromatic heterocycles. The number of thiazole rings is 1. The minimum absolute atomic E-state index is 0.0421. The normalized spacial score (nSPS) is 16.4. The van der Waals surface area contributed by atoms with Gasteiger partial charge in [-0.25, -0.2) is 4.98 Å². The number of benzene rings is 2. The van der Waals surface area contributed by atoms with Gasteiger partial charge in [0.25, 0.3) is 0 Å². The summed E-state index contributed by atoms with van der Waals surface area (Å²) in [7, 11) is 3.29. The van der Waals surface area contributed by atoms with E-state index in [0.29, 0.717) is 12.3 Å². The van der Waals surface area contributed by atoms with Crippen LogP contribution in [0.15, 0.2) is 30.3 Å². The largest absolute Gasteiger partial charge is 0.493 e. The lowest BCUT2D eigenvalue weighted by Crippen LogP contribution is -2.55. The van der Waals surface area contributed by atoms with Gasteiger partial charge in [-0.05, 0) is 54.3 Å². The summed E-state index contributed by atoms with van der Waals surface area (Å²) in [6.07, 6.45) is 0.842. The van der Waals surface area contributed by atoms with Crippen LogP contribution in [0.25, 0.3) is 10.2 Å². The topological polar surface area (TPSA) is 54.9 Å². The van der Waals surface area contributed by atoms with Crippen molar-refractivity contribution in [1.29, 1.82) is 0 Å². The highest BCUT2D eigenvalue weighted by atomic mass is 32.1. The molecule has 6 nitrogen and oxygen atoms in total. The summed E-state index contributed by atoms with van der Waals surface area (Å²) < 4.78 is 12.0. The number of ether oxygens (including phenoxy) is 2. The highest BCUT2D eigenvalue weighted by Gasteiger charge is 2.37. The summed E-state index contributed by atoms with van der Waals surface area (Å²) in [4.78, 5) is 22.0. The third kappa shape index (κ3) is 3.27. The second kappa shape index (κ2) is 7.47. The van der Waals surface area contributed by atoms with Gasteiger partial charge in [-0.2, -0.15) is 0 Å². The van der Waals surface area contributed by atoms with E-state index in [9.17, 15) is 4.79 Å². The standard InChI is InChI=1S/C23H25N3O3S/c1-14-4-5-18-21(8-14)30-23(24-18)26-12-17(13-26)22(27)25-7-6-15-9-19(28-2)20(29-3)10-16(15)11-25/h4-5,8-10,17H,6-7,11-13H2,1-3H3. The molecule has 0 spiro atoms. The summed E-state index contributed by atoms with van der Waals surface area (Å²) in [6, 6.07) is 10.4. The number of aromatic nitrogens is 1. The Labute approximate surface area is 180 Å². The molecular weight excluding hydrogens is 398 g/mol. The van der Waals surface area contributed by atoms with Crippen LogP contribution in [-0.2, 0) is 17.8 Å². The quantitative estimate of drug-likeness (QED) is 0.641. The Hall–Kier alpha value is -2.80. The molecule has 156 valence electrons. The zero-order valence-electron chi connectivity index (χ0n) is 17.5. The summed E-state index contributed by atoms with van der Waals surface area (Å²) in [5.41, 5.74) is 4.66. The van der Waals surface area contributed by atoms with Crippen LogP contribution >= 0.6 is 11.3 Å². The molecule has 2 aromatic carbocycles. The van der Waals surface area contributed by atoms with Gasteiger partial charge in [-0.15, -0.1) is 0 Å². The molecule has 7 heteroatoms. The number of carbonyl (C=O) groups is 1. The minimum atomic E-state index is 0.0421. The van der Waals surface area contributed by atoms with Crippen LogP contribution in [0.2, 0.25) is 0 Å². The number of fused-ring (bicyclic) bond motifs is 2.